The molecule has 0 aromatic carbocycles. The van der Waals surface area contributed by atoms with Crippen LogP contribution in [0.15, 0.2) is 0 Å². The van der Waals surface area contributed by atoms with E-state index in [4.69, 9.17) is 10.2 Å². The van der Waals surface area contributed by atoms with Crippen molar-refractivity contribution in [1.29, 1.82) is 0 Å². The van der Waals surface area contributed by atoms with Crippen LogP contribution in [0.1, 0.15) is 6.92 Å². The summed E-state index contributed by atoms with van der Waals surface area (Å²) >= 11 is 0. The van der Waals surface area contributed by atoms with Crippen molar-refractivity contribution in [3.63, 3.8) is 0 Å². The molecule has 0 aromatic heterocycles. The van der Waals surface area contributed by atoms with E-state index in [1.807, 2.05) is 0 Å². The Morgan fingerprint density at radius 1 is 1.27 bits per heavy atom. The predicted molar refractivity (Wildman–Crippen MR) is 36.8 cm³/mol. The lowest BCUT2D eigenvalue weighted by Crippen LogP contribution is -2.31. The van der Waals surface area contributed by atoms with Crippen LogP contribution in [0.4, 0.5) is 0 Å². The van der Waals surface area contributed by atoms with Crippen LogP contribution in [0.25, 0.3) is 0 Å². The molecule has 0 saturated carbocycles. The van der Waals surface area contributed by atoms with Crippen molar-refractivity contribution in [3.8, 4) is 0 Å². The molecule has 0 heterocycles. The third kappa shape index (κ3) is 5.35. The number of hydrogen-bond acceptors (Lipinski definition) is 3. The van der Waals surface area contributed by atoms with E-state index in [-0.39, 0.29) is 13.1 Å². The van der Waals surface area contributed by atoms with Crippen molar-refractivity contribution in [1.82, 2.24) is 4.90 Å². The summed E-state index contributed by atoms with van der Waals surface area (Å²) in [6.07, 6.45) is 0. The van der Waals surface area contributed by atoms with E-state index in [9.17, 15) is 9.59 Å². The largest absolute Gasteiger partial charge is 0.480 e. The van der Waals surface area contributed by atoms with Crippen LogP contribution in [-0.2, 0) is 9.59 Å². The average molecular weight is 160 g/mol. The summed E-state index contributed by atoms with van der Waals surface area (Å²) in [5.41, 5.74) is 0. The molecule has 2 N–H and O–H groups in total. The molecule has 0 saturated heterocycles. The van der Waals surface area contributed by atoms with Gasteiger partial charge in [-0.2, -0.15) is 0 Å². The Morgan fingerprint density at radius 2 is 1.64 bits per heavy atom. The number of nitrogens with zero attached hydrogens (tertiary/aromatic N) is 1. The molecular formula is C6H10NO4. The van der Waals surface area contributed by atoms with Crippen LogP contribution in [0, 0.1) is 6.54 Å². The maximum atomic E-state index is 10.1. The lowest BCUT2D eigenvalue weighted by Gasteiger charge is -2.13. The van der Waals surface area contributed by atoms with E-state index in [1.54, 1.807) is 6.92 Å². The second-order valence-corrected chi connectivity index (χ2v) is 1.95. The SMILES string of the molecule is C[CH]N(CC(=O)O)CC(=O)O. The molecule has 0 aromatic rings. The maximum Gasteiger partial charge on any atom is 0.317 e. The van der Waals surface area contributed by atoms with E-state index >= 15 is 0 Å². The molecule has 0 aliphatic rings. The highest BCUT2D eigenvalue weighted by Gasteiger charge is 2.10. The van der Waals surface area contributed by atoms with Crippen molar-refractivity contribution in [2.45, 2.75) is 6.92 Å². The molecule has 0 fully saturated rings. The van der Waals surface area contributed by atoms with Crippen LogP contribution < -0.4 is 0 Å². The summed E-state index contributed by atoms with van der Waals surface area (Å²) in [6, 6.07) is 0. The topological polar surface area (TPSA) is 77.8 Å². The van der Waals surface area contributed by atoms with Crippen molar-refractivity contribution < 1.29 is 19.8 Å². The number of hydrogen-bond donors (Lipinski definition) is 2. The molecule has 5 nitrogen and oxygen atoms in total. The highest BCUT2D eigenvalue weighted by atomic mass is 16.4. The molecule has 11 heavy (non-hydrogen) atoms. The van der Waals surface area contributed by atoms with Crippen molar-refractivity contribution in [3.05, 3.63) is 6.54 Å². The second-order valence-electron chi connectivity index (χ2n) is 1.95. The maximum absolute atomic E-state index is 10.1. The summed E-state index contributed by atoms with van der Waals surface area (Å²) in [6.45, 7) is 2.47. The lowest BCUT2D eigenvalue weighted by atomic mass is 10.4. The van der Waals surface area contributed by atoms with Crippen LogP contribution in [0.3, 0.4) is 0 Å². The van der Waals surface area contributed by atoms with Crippen molar-refractivity contribution >= 4 is 11.9 Å². The monoisotopic (exact) mass is 160 g/mol. The fraction of sp³-hybridized carbons (Fsp3) is 0.500. The van der Waals surface area contributed by atoms with Gasteiger partial charge in [0.1, 0.15) is 0 Å². The molecule has 63 valence electrons. The fourth-order valence-electron chi connectivity index (χ4n) is 0.586. The van der Waals surface area contributed by atoms with Crippen LogP contribution >= 0.6 is 0 Å². The Hall–Kier alpha value is -1.10. The smallest absolute Gasteiger partial charge is 0.317 e. The number of carbonyl (C=O) groups is 2. The van der Waals surface area contributed by atoms with Gasteiger partial charge in [0, 0.05) is 6.54 Å². The molecule has 0 atom stereocenters. The highest BCUT2D eigenvalue weighted by Crippen LogP contribution is 1.90. The first-order chi connectivity index (χ1) is 5.06. The van der Waals surface area contributed by atoms with E-state index < -0.39 is 11.9 Å². The zero-order valence-corrected chi connectivity index (χ0v) is 6.15. The number of rotatable bonds is 5. The Labute approximate surface area is 64.2 Å². The first kappa shape index (κ1) is 9.90. The van der Waals surface area contributed by atoms with Gasteiger partial charge in [-0.05, 0) is 6.92 Å². The van der Waals surface area contributed by atoms with Crippen LogP contribution in [-0.4, -0.2) is 40.1 Å². The molecule has 5 heteroatoms. The van der Waals surface area contributed by atoms with Crippen molar-refractivity contribution in [2.24, 2.45) is 0 Å². The molecule has 1 radical (unpaired) electrons. The third-order valence-corrected chi connectivity index (χ3v) is 1.04. The predicted octanol–water partition coefficient (Wildman–Crippen LogP) is -0.361. The Balaban J connectivity index is 3.76. The van der Waals surface area contributed by atoms with Gasteiger partial charge in [0.2, 0.25) is 0 Å². The Kier molecular flexibility index (Phi) is 4.21. The summed E-state index contributed by atoms with van der Waals surface area (Å²) in [5.74, 6) is -2.08. The van der Waals surface area contributed by atoms with Crippen LogP contribution in [0.2, 0.25) is 0 Å². The van der Waals surface area contributed by atoms with Gasteiger partial charge in [0.25, 0.3) is 0 Å². The minimum absolute atomic E-state index is 0.275. The molecule has 0 aliphatic carbocycles. The minimum Gasteiger partial charge on any atom is -0.480 e. The molecule has 0 amide bonds. The standard InChI is InChI=1S/C6H10NO4/c1-2-7(3-5(8)9)4-6(10)11/h2H,3-4H2,1H3,(H,8,9)(H,10,11). The first-order valence-corrected chi connectivity index (χ1v) is 3.03. The summed E-state index contributed by atoms with van der Waals surface area (Å²) in [7, 11) is 0. The summed E-state index contributed by atoms with van der Waals surface area (Å²) < 4.78 is 0. The number of carboxylic acid groups (broad SMARTS) is 2. The molecule has 0 unspecified atom stereocenters. The zero-order valence-electron chi connectivity index (χ0n) is 6.15. The molecule has 0 spiro atoms. The quantitative estimate of drug-likeness (QED) is 0.574. The zero-order chi connectivity index (χ0) is 8.85. The van der Waals surface area contributed by atoms with E-state index in [0.29, 0.717) is 0 Å². The molecular weight excluding hydrogens is 150 g/mol. The van der Waals surface area contributed by atoms with Gasteiger partial charge in [0.05, 0.1) is 13.1 Å². The van der Waals surface area contributed by atoms with Gasteiger partial charge in [-0.25, -0.2) is 0 Å². The fourth-order valence-corrected chi connectivity index (χ4v) is 0.586. The highest BCUT2D eigenvalue weighted by molar-refractivity contribution is 5.72. The van der Waals surface area contributed by atoms with E-state index in [0.717, 1.165) is 0 Å². The Morgan fingerprint density at radius 3 is 1.82 bits per heavy atom. The second kappa shape index (κ2) is 4.68. The van der Waals surface area contributed by atoms with Crippen LogP contribution in [0.5, 0.6) is 0 Å². The lowest BCUT2D eigenvalue weighted by molar-refractivity contribution is -0.141. The number of carboxylic acids is 2. The van der Waals surface area contributed by atoms with Crippen molar-refractivity contribution in [2.75, 3.05) is 13.1 Å². The van der Waals surface area contributed by atoms with Gasteiger partial charge in [-0.1, -0.05) is 0 Å². The normalized spacial score (nSPS) is 10.0. The van der Waals surface area contributed by atoms with Gasteiger partial charge in [-0.15, -0.1) is 0 Å². The molecule has 0 rings (SSSR count). The van der Waals surface area contributed by atoms with Gasteiger partial charge >= 0.3 is 11.9 Å². The van der Waals surface area contributed by atoms with Gasteiger partial charge in [-0.3, -0.25) is 14.5 Å². The van der Waals surface area contributed by atoms with E-state index in [1.165, 1.54) is 11.4 Å². The molecule has 0 aliphatic heterocycles. The molecule has 0 bridgehead atoms. The summed E-state index contributed by atoms with van der Waals surface area (Å²) in [5, 5.41) is 16.5. The number of aliphatic carboxylic acids is 2. The average Bonchev–Trinajstić information content (AvgIpc) is 1.84. The van der Waals surface area contributed by atoms with Gasteiger partial charge in [0.15, 0.2) is 0 Å². The Bertz CT molecular complexity index is 141. The third-order valence-electron chi connectivity index (χ3n) is 1.04. The first-order valence-electron chi connectivity index (χ1n) is 3.03. The minimum atomic E-state index is -1.04. The van der Waals surface area contributed by atoms with Gasteiger partial charge < -0.3 is 10.2 Å². The van der Waals surface area contributed by atoms with E-state index in [2.05, 4.69) is 0 Å². The summed E-state index contributed by atoms with van der Waals surface area (Å²) in [4.78, 5) is 21.4.